The zero-order valence-electron chi connectivity index (χ0n) is 17.6. The number of hydrogen-bond donors (Lipinski definition) is 1. The lowest BCUT2D eigenvalue weighted by Crippen LogP contribution is -2.50. The maximum Gasteiger partial charge on any atom is 0.270 e. The maximum atomic E-state index is 13.0. The predicted molar refractivity (Wildman–Crippen MR) is 114 cm³/mol. The smallest absolute Gasteiger partial charge is 0.270 e. The molecule has 2 aromatic rings. The number of nitro benzene ring substituents is 1. The van der Waals surface area contributed by atoms with E-state index < -0.39 is 4.92 Å². The highest BCUT2D eigenvalue weighted by Crippen LogP contribution is 2.28. The summed E-state index contributed by atoms with van der Waals surface area (Å²) in [6.45, 7) is 1.35. The van der Waals surface area contributed by atoms with Crippen LogP contribution in [0.25, 0.3) is 0 Å². The van der Waals surface area contributed by atoms with E-state index in [-0.39, 0.29) is 23.1 Å². The molecule has 0 radical (unpaired) electrons. The third-order valence-electron chi connectivity index (χ3n) is 5.20. The third-order valence-corrected chi connectivity index (χ3v) is 5.20. The van der Waals surface area contributed by atoms with Crippen LogP contribution in [-0.4, -0.2) is 74.0 Å². The summed E-state index contributed by atoms with van der Waals surface area (Å²) in [5.41, 5.74) is 1.06. The quantitative estimate of drug-likeness (QED) is 0.554. The minimum Gasteiger partial charge on any atom is -0.493 e. The Hall–Kier alpha value is -3.82. The number of carbonyl (C=O) groups is 2. The lowest BCUT2D eigenvalue weighted by Gasteiger charge is -2.35. The Morgan fingerprint density at radius 1 is 0.935 bits per heavy atom. The van der Waals surface area contributed by atoms with E-state index in [1.165, 1.54) is 32.4 Å². The Balaban J connectivity index is 1.71. The molecular formula is C21H24N4O6. The summed E-state index contributed by atoms with van der Waals surface area (Å²) in [7, 11) is 4.68. The standard InChI is InChI=1S/C21H24N4O6/c1-22-17-6-5-15(25(28)29)13-16(17)21(27)24-10-8-23(9-11-24)20(26)14-4-7-18(30-2)19(12-14)31-3/h4-7,12-13,22H,8-11H2,1-3H3. The number of ether oxygens (including phenoxy) is 2. The number of methoxy groups -OCH3 is 2. The van der Waals surface area contributed by atoms with Crippen molar-refractivity contribution < 1.29 is 24.0 Å². The van der Waals surface area contributed by atoms with E-state index >= 15 is 0 Å². The number of carbonyl (C=O) groups excluding carboxylic acids is 2. The molecule has 1 N–H and O–H groups in total. The Morgan fingerprint density at radius 3 is 2.10 bits per heavy atom. The molecule has 2 amide bonds. The molecule has 1 aliphatic rings. The molecular weight excluding hydrogens is 404 g/mol. The first-order valence-electron chi connectivity index (χ1n) is 9.66. The van der Waals surface area contributed by atoms with Gasteiger partial charge in [-0.3, -0.25) is 19.7 Å². The Bertz CT molecular complexity index is 1000. The number of rotatable bonds is 6. The van der Waals surface area contributed by atoms with E-state index in [1.807, 2.05) is 0 Å². The number of non-ortho nitro benzene ring substituents is 1. The number of anilines is 1. The van der Waals surface area contributed by atoms with E-state index in [0.29, 0.717) is 48.9 Å². The van der Waals surface area contributed by atoms with Crippen molar-refractivity contribution in [1.29, 1.82) is 0 Å². The Morgan fingerprint density at radius 2 is 1.55 bits per heavy atom. The molecule has 0 spiro atoms. The van der Waals surface area contributed by atoms with Gasteiger partial charge in [0.2, 0.25) is 0 Å². The van der Waals surface area contributed by atoms with Crippen LogP contribution >= 0.6 is 0 Å². The lowest BCUT2D eigenvalue weighted by atomic mass is 10.1. The van der Waals surface area contributed by atoms with Crippen LogP contribution in [0, 0.1) is 10.1 Å². The normalized spacial score (nSPS) is 13.5. The second kappa shape index (κ2) is 9.33. The fraction of sp³-hybridized carbons (Fsp3) is 0.333. The Labute approximate surface area is 179 Å². The summed E-state index contributed by atoms with van der Waals surface area (Å²) in [6, 6.07) is 9.11. The van der Waals surface area contributed by atoms with Crippen molar-refractivity contribution in [2.45, 2.75) is 0 Å². The summed E-state index contributed by atoms with van der Waals surface area (Å²) < 4.78 is 10.5. The fourth-order valence-corrected chi connectivity index (χ4v) is 3.48. The number of nitrogens with one attached hydrogen (secondary N) is 1. The summed E-state index contributed by atoms with van der Waals surface area (Å²) in [6.07, 6.45) is 0. The van der Waals surface area contributed by atoms with Crippen LogP contribution in [0.4, 0.5) is 11.4 Å². The van der Waals surface area contributed by atoms with E-state index in [0.717, 1.165) is 0 Å². The van der Waals surface area contributed by atoms with Crippen molar-refractivity contribution in [3.63, 3.8) is 0 Å². The average Bonchev–Trinajstić information content (AvgIpc) is 2.82. The molecule has 0 atom stereocenters. The summed E-state index contributed by atoms with van der Waals surface area (Å²) in [4.78, 5) is 39.7. The van der Waals surface area contributed by atoms with Crippen molar-refractivity contribution in [2.24, 2.45) is 0 Å². The second-order valence-corrected chi connectivity index (χ2v) is 6.89. The van der Waals surface area contributed by atoms with Crippen LogP contribution < -0.4 is 14.8 Å². The van der Waals surface area contributed by atoms with Crippen LogP contribution in [0.3, 0.4) is 0 Å². The number of benzene rings is 2. The molecule has 0 unspecified atom stereocenters. The fourth-order valence-electron chi connectivity index (χ4n) is 3.48. The van der Waals surface area contributed by atoms with Gasteiger partial charge in [0.05, 0.1) is 24.7 Å². The predicted octanol–water partition coefficient (Wildman–Crippen LogP) is 2.25. The minimum atomic E-state index is -0.532. The van der Waals surface area contributed by atoms with Crippen molar-refractivity contribution in [1.82, 2.24) is 9.80 Å². The van der Waals surface area contributed by atoms with Crippen LogP contribution in [0.5, 0.6) is 11.5 Å². The van der Waals surface area contributed by atoms with Crippen molar-refractivity contribution in [3.05, 3.63) is 57.6 Å². The zero-order chi connectivity index (χ0) is 22.5. The number of piperazine rings is 1. The number of nitrogens with zero attached hydrogens (tertiary/aromatic N) is 3. The highest BCUT2D eigenvalue weighted by Gasteiger charge is 2.28. The molecule has 164 valence electrons. The van der Waals surface area contributed by atoms with Crippen LogP contribution in [-0.2, 0) is 0 Å². The maximum absolute atomic E-state index is 13.0. The molecule has 1 fully saturated rings. The molecule has 3 rings (SSSR count). The van der Waals surface area contributed by atoms with Crippen LogP contribution in [0.15, 0.2) is 36.4 Å². The summed E-state index contributed by atoms with van der Waals surface area (Å²) in [5.74, 6) is 0.518. The molecule has 0 saturated carbocycles. The van der Waals surface area contributed by atoms with Crippen LogP contribution in [0.2, 0.25) is 0 Å². The van der Waals surface area contributed by atoms with Gasteiger partial charge in [-0.25, -0.2) is 0 Å². The molecule has 1 heterocycles. The Kier molecular flexibility index (Phi) is 6.58. The van der Waals surface area contributed by atoms with Gasteiger partial charge in [-0.15, -0.1) is 0 Å². The van der Waals surface area contributed by atoms with E-state index in [1.54, 1.807) is 35.0 Å². The minimum absolute atomic E-state index is 0.149. The van der Waals surface area contributed by atoms with Gasteiger partial charge in [0.15, 0.2) is 11.5 Å². The van der Waals surface area contributed by atoms with E-state index in [9.17, 15) is 19.7 Å². The second-order valence-electron chi connectivity index (χ2n) is 6.89. The summed E-state index contributed by atoms with van der Waals surface area (Å²) >= 11 is 0. The largest absolute Gasteiger partial charge is 0.493 e. The van der Waals surface area contributed by atoms with Gasteiger partial charge in [-0.2, -0.15) is 0 Å². The third kappa shape index (κ3) is 4.52. The van der Waals surface area contributed by atoms with Crippen molar-refractivity contribution >= 4 is 23.2 Å². The number of nitro groups is 1. The first kappa shape index (κ1) is 21.9. The highest BCUT2D eigenvalue weighted by atomic mass is 16.6. The van der Waals surface area contributed by atoms with Gasteiger partial charge in [0.1, 0.15) is 0 Å². The van der Waals surface area contributed by atoms with Crippen molar-refractivity contribution in [3.8, 4) is 11.5 Å². The first-order valence-corrected chi connectivity index (χ1v) is 9.66. The average molecular weight is 428 g/mol. The SMILES string of the molecule is CNc1ccc([N+](=O)[O-])cc1C(=O)N1CCN(C(=O)c2ccc(OC)c(OC)c2)CC1. The van der Waals surface area contributed by atoms with E-state index in [4.69, 9.17) is 9.47 Å². The molecule has 0 aliphatic carbocycles. The molecule has 10 nitrogen and oxygen atoms in total. The zero-order valence-corrected chi connectivity index (χ0v) is 17.6. The van der Waals surface area contributed by atoms with Gasteiger partial charge < -0.3 is 24.6 Å². The van der Waals surface area contributed by atoms with Gasteiger partial charge in [0.25, 0.3) is 17.5 Å². The molecule has 1 aliphatic heterocycles. The summed E-state index contributed by atoms with van der Waals surface area (Å²) in [5, 5.41) is 14.0. The van der Waals surface area contributed by atoms with Gasteiger partial charge in [0, 0.05) is 56.6 Å². The van der Waals surface area contributed by atoms with Crippen LogP contribution in [0.1, 0.15) is 20.7 Å². The molecule has 31 heavy (non-hydrogen) atoms. The molecule has 2 aromatic carbocycles. The van der Waals surface area contributed by atoms with Gasteiger partial charge in [-0.1, -0.05) is 0 Å². The van der Waals surface area contributed by atoms with Gasteiger partial charge in [-0.05, 0) is 24.3 Å². The molecule has 0 aromatic heterocycles. The number of amides is 2. The molecule has 1 saturated heterocycles. The highest BCUT2D eigenvalue weighted by molar-refractivity contribution is 6.00. The van der Waals surface area contributed by atoms with E-state index in [2.05, 4.69) is 5.32 Å². The number of hydrogen-bond acceptors (Lipinski definition) is 7. The topological polar surface area (TPSA) is 114 Å². The monoisotopic (exact) mass is 428 g/mol. The first-order chi connectivity index (χ1) is 14.9. The van der Waals surface area contributed by atoms with Gasteiger partial charge >= 0.3 is 0 Å². The molecule has 0 bridgehead atoms. The molecule has 10 heteroatoms. The van der Waals surface area contributed by atoms with Crippen molar-refractivity contribution in [2.75, 3.05) is 52.8 Å². The lowest BCUT2D eigenvalue weighted by molar-refractivity contribution is -0.384.